The van der Waals surface area contributed by atoms with Gasteiger partial charge in [-0.1, -0.05) is 126 Å². The van der Waals surface area contributed by atoms with Gasteiger partial charge in [0.25, 0.3) is 0 Å². The normalized spacial score (nSPS) is 13.4. The lowest BCUT2D eigenvalue weighted by Gasteiger charge is -2.33. The molecule has 1 N–H and O–H groups in total. The Morgan fingerprint density at radius 2 is 1.15 bits per heavy atom. The zero-order chi connectivity index (χ0) is 36.3. The summed E-state index contributed by atoms with van der Waals surface area (Å²) in [5.41, 5.74) is 11.7. The summed E-state index contributed by atoms with van der Waals surface area (Å²) in [4.78, 5) is 7.64. The molecule has 0 saturated carbocycles. The molecular weight excluding hydrogens is 649 g/mol. The lowest BCUT2D eigenvalue weighted by molar-refractivity contribution is 0.590. The maximum Gasteiger partial charge on any atom is 0.203 e. The Morgan fingerprint density at radius 1 is 0.558 bits per heavy atom. The van der Waals surface area contributed by atoms with E-state index in [9.17, 15) is 0 Å². The zero-order valence-corrected chi connectivity index (χ0v) is 32.2. The molecule has 1 aliphatic rings. The molecule has 7 aromatic rings. The van der Waals surface area contributed by atoms with Crippen LogP contribution in [0.3, 0.4) is 0 Å². The average molecular weight is 695 g/mol. The first-order chi connectivity index (χ1) is 24.9. The van der Waals surface area contributed by atoms with Crippen molar-refractivity contribution in [2.75, 3.05) is 4.90 Å². The van der Waals surface area contributed by atoms with Crippen LogP contribution in [0.15, 0.2) is 146 Å². The fourth-order valence-electron chi connectivity index (χ4n) is 7.85. The lowest BCUT2D eigenvalue weighted by atomic mass is 9.85. The summed E-state index contributed by atoms with van der Waals surface area (Å²) in [6.07, 6.45) is 1.98. The van der Waals surface area contributed by atoms with Crippen LogP contribution in [-0.4, -0.2) is 23.3 Å². The van der Waals surface area contributed by atoms with Gasteiger partial charge in [-0.2, -0.15) is 5.10 Å². The van der Waals surface area contributed by atoms with Crippen molar-refractivity contribution in [1.82, 2.24) is 15.2 Å². The first kappa shape index (κ1) is 33.6. The van der Waals surface area contributed by atoms with Gasteiger partial charge in [-0.3, -0.25) is 10.1 Å². The highest BCUT2D eigenvalue weighted by Crippen LogP contribution is 2.38. The summed E-state index contributed by atoms with van der Waals surface area (Å²) in [7, 11) is -2.94. The van der Waals surface area contributed by atoms with Gasteiger partial charge in [-0.05, 0) is 110 Å². The van der Waals surface area contributed by atoms with E-state index >= 15 is 0 Å². The second-order valence-electron chi connectivity index (χ2n) is 16.2. The molecule has 0 bridgehead atoms. The molecule has 3 heterocycles. The summed E-state index contributed by atoms with van der Waals surface area (Å²) in [5.74, 6) is 0. The van der Waals surface area contributed by atoms with E-state index < -0.39 is 8.07 Å². The number of benzene rings is 5. The Labute approximate surface area is 309 Å². The molecule has 0 amide bonds. The first-order valence-corrected chi connectivity index (χ1v) is 20.2. The van der Waals surface area contributed by atoms with Crippen molar-refractivity contribution in [3.05, 3.63) is 163 Å². The van der Waals surface area contributed by atoms with Crippen molar-refractivity contribution < 1.29 is 0 Å². The van der Waals surface area contributed by atoms with Crippen molar-refractivity contribution >= 4 is 46.0 Å². The van der Waals surface area contributed by atoms with Gasteiger partial charge < -0.3 is 4.90 Å². The Morgan fingerprint density at radius 3 is 1.73 bits per heavy atom. The van der Waals surface area contributed by atoms with E-state index in [0.717, 1.165) is 39.3 Å². The number of para-hydroxylation sites is 1. The number of hydrogen-bond acceptors (Lipinski definition) is 3. The van der Waals surface area contributed by atoms with Crippen LogP contribution in [0.2, 0.25) is 0 Å². The standard InChI is InChI=1S/C47H46N4Si/c1-32-27-42(50-49-32)33-15-13-18-37(28-33)51(36-16-9-8-10-17-36)38-19-14-20-39(31-38)52(45-21-11-12-26-48-45)43-29-34(46(2,3)4)22-24-40(43)41-25-23-35(30-44(41)52)47(5,6)7/h8-31H,1-7H3,(H,49,50). The molecule has 4 nitrogen and oxygen atoms in total. The molecule has 2 aromatic heterocycles. The third-order valence-corrected chi connectivity index (χ3v) is 15.3. The number of nitrogens with zero attached hydrogens (tertiary/aromatic N) is 3. The van der Waals surface area contributed by atoms with E-state index in [1.807, 2.05) is 19.2 Å². The van der Waals surface area contributed by atoms with Crippen LogP contribution in [0.1, 0.15) is 58.4 Å². The molecular formula is C47H46N4Si. The van der Waals surface area contributed by atoms with Crippen LogP contribution in [0.25, 0.3) is 22.4 Å². The van der Waals surface area contributed by atoms with E-state index in [1.54, 1.807) is 0 Å². The molecule has 0 spiro atoms. The number of hydrogen-bond donors (Lipinski definition) is 1. The van der Waals surface area contributed by atoms with Gasteiger partial charge in [0.1, 0.15) is 0 Å². The van der Waals surface area contributed by atoms with Gasteiger partial charge in [0.2, 0.25) is 8.07 Å². The van der Waals surface area contributed by atoms with E-state index in [-0.39, 0.29) is 10.8 Å². The van der Waals surface area contributed by atoms with Crippen LogP contribution in [0.5, 0.6) is 0 Å². The number of pyridine rings is 1. The summed E-state index contributed by atoms with van der Waals surface area (Å²) >= 11 is 0. The highest BCUT2D eigenvalue weighted by atomic mass is 28.3. The number of aromatic amines is 1. The minimum Gasteiger partial charge on any atom is -0.310 e. The third kappa shape index (κ3) is 5.70. The maximum atomic E-state index is 5.27. The number of aryl methyl sites for hydroxylation is 1. The molecule has 0 fully saturated rings. The smallest absolute Gasteiger partial charge is 0.203 e. The summed E-state index contributed by atoms with van der Waals surface area (Å²) in [6, 6.07) is 51.7. The van der Waals surface area contributed by atoms with Crippen LogP contribution < -0.4 is 25.8 Å². The van der Waals surface area contributed by atoms with Gasteiger partial charge in [-0.25, -0.2) is 0 Å². The van der Waals surface area contributed by atoms with Crippen LogP contribution >= 0.6 is 0 Å². The van der Waals surface area contributed by atoms with Gasteiger partial charge in [-0.15, -0.1) is 0 Å². The number of anilines is 3. The van der Waals surface area contributed by atoms with E-state index in [0.29, 0.717) is 0 Å². The SMILES string of the molecule is Cc1cc(-c2cccc(N(c3ccccc3)c3cccc([Si]4(c5ccccn5)c5cc(C(C)(C)C)ccc5-c5ccc(C(C)(C)C)cc54)c3)c2)n[nH]1. The van der Waals surface area contributed by atoms with E-state index in [4.69, 9.17) is 4.98 Å². The molecule has 0 atom stereocenters. The molecule has 0 aliphatic carbocycles. The fraction of sp³-hybridized carbons (Fsp3) is 0.191. The summed E-state index contributed by atoms with van der Waals surface area (Å²) < 4.78 is 0. The summed E-state index contributed by atoms with van der Waals surface area (Å²) in [6.45, 7) is 15.9. The van der Waals surface area contributed by atoms with Crippen LogP contribution in [0.4, 0.5) is 17.1 Å². The van der Waals surface area contributed by atoms with Crippen molar-refractivity contribution in [3.8, 4) is 22.4 Å². The topological polar surface area (TPSA) is 44.8 Å². The predicted octanol–water partition coefficient (Wildman–Crippen LogP) is 9.20. The fourth-order valence-corrected chi connectivity index (χ4v) is 12.9. The highest BCUT2D eigenvalue weighted by Gasteiger charge is 2.51. The van der Waals surface area contributed by atoms with E-state index in [2.05, 4.69) is 190 Å². The van der Waals surface area contributed by atoms with Crippen molar-refractivity contribution in [2.24, 2.45) is 0 Å². The van der Waals surface area contributed by atoms with Crippen molar-refractivity contribution in [1.29, 1.82) is 0 Å². The molecule has 0 saturated heterocycles. The van der Waals surface area contributed by atoms with Crippen LogP contribution in [-0.2, 0) is 10.8 Å². The van der Waals surface area contributed by atoms with Gasteiger partial charge >= 0.3 is 0 Å². The quantitative estimate of drug-likeness (QED) is 0.177. The highest BCUT2D eigenvalue weighted by molar-refractivity contribution is 7.21. The largest absolute Gasteiger partial charge is 0.310 e. The van der Waals surface area contributed by atoms with Crippen molar-refractivity contribution in [2.45, 2.75) is 59.3 Å². The zero-order valence-electron chi connectivity index (χ0n) is 31.2. The van der Waals surface area contributed by atoms with Gasteiger partial charge in [0.15, 0.2) is 0 Å². The third-order valence-electron chi connectivity index (χ3n) is 10.6. The maximum absolute atomic E-state index is 5.27. The minimum atomic E-state index is -2.94. The number of aromatic nitrogens is 3. The number of fused-ring (bicyclic) bond motifs is 3. The second-order valence-corrected chi connectivity index (χ2v) is 19.9. The number of H-pyrrole nitrogens is 1. The first-order valence-electron chi connectivity index (χ1n) is 18.2. The second kappa shape index (κ2) is 12.6. The molecule has 0 radical (unpaired) electrons. The predicted molar refractivity (Wildman–Crippen MR) is 221 cm³/mol. The Balaban J connectivity index is 1.42. The molecule has 1 aliphatic heterocycles. The molecule has 52 heavy (non-hydrogen) atoms. The number of nitrogens with one attached hydrogen (secondary N) is 1. The van der Waals surface area contributed by atoms with Gasteiger partial charge in [0, 0.05) is 39.8 Å². The van der Waals surface area contributed by atoms with Crippen molar-refractivity contribution in [3.63, 3.8) is 0 Å². The van der Waals surface area contributed by atoms with Gasteiger partial charge in [0.05, 0.1) is 5.69 Å². The van der Waals surface area contributed by atoms with Crippen LogP contribution in [0, 0.1) is 6.92 Å². The number of rotatable bonds is 6. The lowest BCUT2D eigenvalue weighted by Crippen LogP contribution is -2.73. The summed E-state index contributed by atoms with van der Waals surface area (Å²) in [5, 5.41) is 13.0. The molecule has 0 unspecified atom stereocenters. The molecule has 258 valence electrons. The monoisotopic (exact) mass is 694 g/mol. The molecule has 5 aromatic carbocycles. The molecule has 8 rings (SSSR count). The minimum absolute atomic E-state index is 0.00549. The molecule has 5 heteroatoms. The van der Waals surface area contributed by atoms with E-state index in [1.165, 1.54) is 37.8 Å². The Bertz CT molecular complexity index is 2330. The Hall–Kier alpha value is -5.52. The Kier molecular flexibility index (Phi) is 8.15. The average Bonchev–Trinajstić information content (AvgIpc) is 3.71.